The van der Waals surface area contributed by atoms with Gasteiger partial charge in [-0.2, -0.15) is 11.8 Å². The van der Waals surface area contributed by atoms with Crippen molar-refractivity contribution >= 4 is 45.3 Å². The molecule has 5 heteroatoms. The second kappa shape index (κ2) is 6.02. The van der Waals surface area contributed by atoms with E-state index >= 15 is 0 Å². The number of fused-ring (bicyclic) bond motifs is 3. The second-order valence-corrected chi connectivity index (χ2v) is 5.98. The predicted octanol–water partition coefficient (Wildman–Crippen LogP) is 3.73. The second-order valence-electron chi connectivity index (χ2n) is 4.62. The normalized spacial score (nSPS) is 11.5. The lowest BCUT2D eigenvalue weighted by Crippen LogP contribution is -2.06. The van der Waals surface area contributed by atoms with Crippen LogP contribution in [0.3, 0.4) is 0 Å². The molecule has 0 saturated heterocycles. The zero-order valence-electron chi connectivity index (χ0n) is 11.3. The third-order valence-corrected chi connectivity index (χ3v) is 4.18. The summed E-state index contributed by atoms with van der Waals surface area (Å²) in [6.07, 6.45) is 4.78. The molecule has 0 bridgehead atoms. The van der Waals surface area contributed by atoms with Crippen molar-refractivity contribution < 1.29 is 0 Å². The van der Waals surface area contributed by atoms with Crippen LogP contribution < -0.4 is 0 Å². The minimum atomic E-state index is 0.591. The molecule has 0 atom stereocenters. The highest BCUT2D eigenvalue weighted by Crippen LogP contribution is 2.25. The molecule has 0 unspecified atom stereocenters. The first kappa shape index (κ1) is 13.7. The number of para-hydroxylation sites is 1. The molecule has 3 rings (SSSR count). The molecule has 1 aromatic carbocycles. The van der Waals surface area contributed by atoms with E-state index in [-0.39, 0.29) is 0 Å². The van der Waals surface area contributed by atoms with Crippen molar-refractivity contribution in [2.75, 3.05) is 17.9 Å². The first-order valence-corrected chi connectivity index (χ1v) is 8.55. The van der Waals surface area contributed by atoms with Crippen molar-refractivity contribution in [3.8, 4) is 0 Å². The average Bonchev–Trinajstić information content (AvgIpc) is 2.83. The van der Waals surface area contributed by atoms with Gasteiger partial charge in [0.15, 0.2) is 0 Å². The van der Waals surface area contributed by atoms with E-state index in [0.717, 1.165) is 35.6 Å². The smallest absolute Gasteiger partial charge is 0.111 e. The van der Waals surface area contributed by atoms with E-state index in [1.165, 1.54) is 10.9 Å². The van der Waals surface area contributed by atoms with Crippen LogP contribution in [0.5, 0.6) is 0 Å². The number of imidazole rings is 1. The van der Waals surface area contributed by atoms with Gasteiger partial charge in [0.1, 0.15) is 11.3 Å². The van der Waals surface area contributed by atoms with Gasteiger partial charge in [-0.3, -0.25) is 4.98 Å². The zero-order valence-corrected chi connectivity index (χ0v) is 12.9. The van der Waals surface area contributed by atoms with Gasteiger partial charge in [0, 0.05) is 30.0 Å². The molecular weight excluding hydrogens is 290 g/mol. The Bertz CT molecular complexity index is 738. The Morgan fingerprint density at radius 2 is 2.10 bits per heavy atom. The molecule has 0 saturated carbocycles. The highest BCUT2D eigenvalue weighted by Gasteiger charge is 2.13. The van der Waals surface area contributed by atoms with Gasteiger partial charge in [-0.1, -0.05) is 18.2 Å². The minimum Gasteiger partial charge on any atom is -0.327 e. The number of aryl methyl sites for hydroxylation is 2. The summed E-state index contributed by atoms with van der Waals surface area (Å²) < 4.78 is 2.30. The largest absolute Gasteiger partial charge is 0.327 e. The molecule has 0 amide bonds. The van der Waals surface area contributed by atoms with Crippen molar-refractivity contribution in [2.24, 2.45) is 0 Å². The van der Waals surface area contributed by atoms with Gasteiger partial charge < -0.3 is 4.57 Å². The fourth-order valence-electron chi connectivity index (χ4n) is 2.51. The van der Waals surface area contributed by atoms with Crippen LogP contribution in [0, 0.1) is 0 Å². The lowest BCUT2D eigenvalue weighted by Gasteiger charge is -2.08. The summed E-state index contributed by atoms with van der Waals surface area (Å²) in [4.78, 5) is 9.20. The Labute approximate surface area is 127 Å². The first-order valence-electron chi connectivity index (χ1n) is 6.63. The van der Waals surface area contributed by atoms with Crippen LogP contribution in [0.1, 0.15) is 5.82 Å². The summed E-state index contributed by atoms with van der Waals surface area (Å²) >= 11 is 7.76. The molecule has 3 aromatic rings. The topological polar surface area (TPSA) is 30.7 Å². The Hall–Kier alpha value is -1.26. The highest BCUT2D eigenvalue weighted by atomic mass is 35.5. The molecule has 0 aliphatic rings. The molecule has 0 aliphatic heterocycles. The van der Waals surface area contributed by atoms with Gasteiger partial charge >= 0.3 is 0 Å². The summed E-state index contributed by atoms with van der Waals surface area (Å²) in [5.41, 5.74) is 3.16. The number of thioether (sulfide) groups is 1. The third kappa shape index (κ3) is 2.38. The van der Waals surface area contributed by atoms with E-state index in [2.05, 4.69) is 27.9 Å². The standard InChI is InChI=1S/C15H16ClN3S/c1-20-9-8-19-14(6-7-16)18-13-10-17-12-5-3-2-4-11(12)15(13)19/h2-5,10H,6-9H2,1H3. The number of benzene rings is 1. The molecule has 104 valence electrons. The molecule has 0 N–H and O–H groups in total. The van der Waals surface area contributed by atoms with Gasteiger partial charge in [0.2, 0.25) is 0 Å². The maximum absolute atomic E-state index is 5.91. The van der Waals surface area contributed by atoms with Crippen LogP contribution in [0.2, 0.25) is 0 Å². The number of hydrogen-bond acceptors (Lipinski definition) is 3. The van der Waals surface area contributed by atoms with E-state index in [9.17, 15) is 0 Å². The summed E-state index contributed by atoms with van der Waals surface area (Å²) in [6.45, 7) is 0.956. The summed E-state index contributed by atoms with van der Waals surface area (Å²) in [6, 6.07) is 8.23. The van der Waals surface area contributed by atoms with Crippen LogP contribution in [-0.4, -0.2) is 32.4 Å². The van der Waals surface area contributed by atoms with E-state index < -0.39 is 0 Å². The summed E-state index contributed by atoms with van der Waals surface area (Å²) in [5, 5.41) is 1.17. The molecular formula is C15H16ClN3S. The van der Waals surface area contributed by atoms with Gasteiger partial charge in [0.05, 0.1) is 17.2 Å². The Kier molecular flexibility index (Phi) is 4.13. The molecule has 0 spiro atoms. The number of alkyl halides is 1. The molecule has 2 aromatic heterocycles. The number of pyridine rings is 1. The Morgan fingerprint density at radius 3 is 2.90 bits per heavy atom. The van der Waals surface area contributed by atoms with Gasteiger partial charge in [-0.25, -0.2) is 4.98 Å². The van der Waals surface area contributed by atoms with Crippen molar-refractivity contribution in [3.63, 3.8) is 0 Å². The monoisotopic (exact) mass is 305 g/mol. The number of rotatable bonds is 5. The first-order chi connectivity index (χ1) is 9.85. The van der Waals surface area contributed by atoms with Crippen molar-refractivity contribution in [3.05, 3.63) is 36.3 Å². The fraction of sp³-hybridized carbons (Fsp3) is 0.333. The number of nitrogens with zero attached hydrogens (tertiary/aromatic N) is 3. The minimum absolute atomic E-state index is 0.591. The van der Waals surface area contributed by atoms with Crippen LogP contribution in [0.4, 0.5) is 0 Å². The summed E-state index contributed by atoms with van der Waals surface area (Å²) in [7, 11) is 0. The van der Waals surface area contributed by atoms with Crippen molar-refractivity contribution in [1.29, 1.82) is 0 Å². The molecule has 0 fully saturated rings. The Morgan fingerprint density at radius 1 is 1.25 bits per heavy atom. The maximum Gasteiger partial charge on any atom is 0.111 e. The molecule has 20 heavy (non-hydrogen) atoms. The average molecular weight is 306 g/mol. The van der Waals surface area contributed by atoms with E-state index in [1.54, 1.807) is 0 Å². The number of halogens is 1. The van der Waals surface area contributed by atoms with Gasteiger partial charge in [-0.05, 0) is 12.3 Å². The Balaban J connectivity index is 2.27. The zero-order chi connectivity index (χ0) is 13.9. The molecule has 3 nitrogen and oxygen atoms in total. The number of hydrogen-bond donors (Lipinski definition) is 0. The van der Waals surface area contributed by atoms with E-state index in [4.69, 9.17) is 16.6 Å². The summed E-state index contributed by atoms with van der Waals surface area (Å²) in [5.74, 6) is 2.72. The van der Waals surface area contributed by atoms with E-state index in [1.807, 2.05) is 30.1 Å². The van der Waals surface area contributed by atoms with Crippen LogP contribution >= 0.6 is 23.4 Å². The lowest BCUT2D eigenvalue weighted by molar-refractivity contribution is 0.736. The van der Waals surface area contributed by atoms with Crippen LogP contribution in [0.25, 0.3) is 21.9 Å². The lowest BCUT2D eigenvalue weighted by atomic mass is 10.2. The van der Waals surface area contributed by atoms with Gasteiger partial charge in [-0.15, -0.1) is 11.6 Å². The molecule has 0 radical (unpaired) electrons. The van der Waals surface area contributed by atoms with Crippen molar-refractivity contribution in [2.45, 2.75) is 13.0 Å². The predicted molar refractivity (Wildman–Crippen MR) is 87.8 cm³/mol. The molecule has 2 heterocycles. The van der Waals surface area contributed by atoms with Crippen LogP contribution in [-0.2, 0) is 13.0 Å². The quantitative estimate of drug-likeness (QED) is 0.673. The van der Waals surface area contributed by atoms with E-state index in [0.29, 0.717) is 5.88 Å². The van der Waals surface area contributed by atoms with Crippen LogP contribution in [0.15, 0.2) is 30.5 Å². The highest BCUT2D eigenvalue weighted by molar-refractivity contribution is 7.98. The number of aromatic nitrogens is 3. The van der Waals surface area contributed by atoms with Gasteiger partial charge in [0.25, 0.3) is 0 Å². The third-order valence-electron chi connectivity index (χ3n) is 3.40. The van der Waals surface area contributed by atoms with Crippen molar-refractivity contribution in [1.82, 2.24) is 14.5 Å². The molecule has 0 aliphatic carbocycles. The SMILES string of the molecule is CSCCn1c(CCCl)nc2cnc3ccccc3c21. The fourth-order valence-corrected chi connectivity index (χ4v) is 3.04. The maximum atomic E-state index is 5.91.